The number of aliphatic carboxylic acids is 1. The largest absolute Gasteiger partial charge is 0.480 e. The molecule has 15 heteroatoms. The molecule has 0 radical (unpaired) electrons. The van der Waals surface area contributed by atoms with Crippen molar-refractivity contribution in [2.45, 2.75) is 43.4 Å². The molecule has 0 aromatic heterocycles. The van der Waals surface area contributed by atoms with Gasteiger partial charge in [0.25, 0.3) is 0 Å². The summed E-state index contributed by atoms with van der Waals surface area (Å²) in [6, 6.07) is -5.39. The Morgan fingerprint density at radius 2 is 1.29 bits per heavy atom. The van der Waals surface area contributed by atoms with Crippen molar-refractivity contribution in [1.82, 2.24) is 16.0 Å². The minimum absolute atomic E-state index is 0.0456. The highest BCUT2D eigenvalue weighted by atomic mass is 32.2. The summed E-state index contributed by atoms with van der Waals surface area (Å²) in [5.41, 5.74) is 15.7. The lowest BCUT2D eigenvalue weighted by Gasteiger charge is -2.24. The number of nitrogens with two attached hydrogens (primary N) is 3. The second-order valence-electron chi connectivity index (χ2n) is 6.43. The second kappa shape index (κ2) is 14.5. The van der Waals surface area contributed by atoms with Crippen LogP contribution in [0.25, 0.3) is 0 Å². The van der Waals surface area contributed by atoms with Crippen molar-refractivity contribution < 1.29 is 33.9 Å². The van der Waals surface area contributed by atoms with E-state index < -0.39 is 72.5 Å². The van der Waals surface area contributed by atoms with Crippen LogP contribution in [0.1, 0.15) is 19.3 Å². The molecule has 0 rings (SSSR count). The zero-order chi connectivity index (χ0) is 24.1. The molecule has 0 spiro atoms. The minimum Gasteiger partial charge on any atom is -0.480 e. The lowest BCUT2D eigenvalue weighted by atomic mass is 10.1. The standard InChI is InChI=1S/C16H28N6O7S2/c1-31-3-2-8(16(28)29)20-14(26)10(5-12(19)24)22-15(27)9(4-11(18)23)21-13(25)7(17)6-30/h7-10,30H,2-6,17H2,1H3,(H2,18,23)(H2,19,24)(H,20,26)(H,21,25)(H,22,27)(H,28,29). The zero-order valence-corrected chi connectivity index (χ0v) is 18.5. The van der Waals surface area contributed by atoms with Crippen LogP contribution in [0.15, 0.2) is 0 Å². The molecule has 5 amide bonds. The molecule has 0 heterocycles. The molecule has 0 aromatic carbocycles. The Kier molecular flexibility index (Phi) is 13.3. The number of carbonyl (C=O) groups excluding carboxylic acids is 5. The third kappa shape index (κ3) is 11.4. The Morgan fingerprint density at radius 3 is 1.65 bits per heavy atom. The fourth-order valence-corrected chi connectivity index (χ4v) is 2.86. The fourth-order valence-electron chi connectivity index (χ4n) is 2.22. The highest BCUT2D eigenvalue weighted by molar-refractivity contribution is 7.98. The molecule has 13 nitrogen and oxygen atoms in total. The average molecular weight is 481 g/mol. The first-order valence-electron chi connectivity index (χ1n) is 8.98. The quantitative estimate of drug-likeness (QED) is 0.107. The van der Waals surface area contributed by atoms with Crippen LogP contribution in [0.3, 0.4) is 0 Å². The van der Waals surface area contributed by atoms with Gasteiger partial charge in [0, 0.05) is 5.75 Å². The van der Waals surface area contributed by atoms with Gasteiger partial charge in [-0.05, 0) is 18.4 Å². The molecule has 0 aliphatic rings. The maximum atomic E-state index is 12.6. The van der Waals surface area contributed by atoms with Crippen LogP contribution < -0.4 is 33.2 Å². The Balaban J connectivity index is 5.46. The van der Waals surface area contributed by atoms with Gasteiger partial charge < -0.3 is 38.3 Å². The molecule has 0 saturated carbocycles. The van der Waals surface area contributed by atoms with E-state index in [0.717, 1.165) is 0 Å². The van der Waals surface area contributed by atoms with Gasteiger partial charge in [-0.3, -0.25) is 24.0 Å². The molecule has 176 valence electrons. The van der Waals surface area contributed by atoms with Gasteiger partial charge in [-0.2, -0.15) is 24.4 Å². The van der Waals surface area contributed by atoms with Crippen LogP contribution in [0.2, 0.25) is 0 Å². The van der Waals surface area contributed by atoms with Crippen LogP contribution in [0, 0.1) is 0 Å². The lowest BCUT2D eigenvalue weighted by Crippen LogP contribution is -2.58. The predicted molar refractivity (Wildman–Crippen MR) is 116 cm³/mol. The number of thiol groups is 1. The number of thioether (sulfide) groups is 1. The van der Waals surface area contributed by atoms with Gasteiger partial charge >= 0.3 is 5.97 Å². The van der Waals surface area contributed by atoms with Gasteiger partial charge in [0.05, 0.1) is 18.9 Å². The van der Waals surface area contributed by atoms with E-state index in [1.54, 1.807) is 6.26 Å². The number of hydrogen-bond acceptors (Lipinski definition) is 9. The van der Waals surface area contributed by atoms with Gasteiger partial charge in [0.15, 0.2) is 0 Å². The summed E-state index contributed by atoms with van der Waals surface area (Å²) in [6.07, 6.45) is 0.582. The number of carboxylic acids is 1. The van der Waals surface area contributed by atoms with E-state index in [9.17, 15) is 33.9 Å². The van der Waals surface area contributed by atoms with E-state index in [4.69, 9.17) is 17.2 Å². The molecule has 0 saturated heterocycles. The summed E-state index contributed by atoms with van der Waals surface area (Å²) in [5, 5.41) is 15.9. The third-order valence-electron chi connectivity index (χ3n) is 3.84. The minimum atomic E-state index is -1.55. The van der Waals surface area contributed by atoms with Gasteiger partial charge in [0.2, 0.25) is 29.5 Å². The molecule has 0 aromatic rings. The highest BCUT2D eigenvalue weighted by Gasteiger charge is 2.31. The van der Waals surface area contributed by atoms with E-state index in [-0.39, 0.29) is 12.2 Å². The third-order valence-corrected chi connectivity index (χ3v) is 4.87. The maximum Gasteiger partial charge on any atom is 0.326 e. The number of carboxylic acid groups (broad SMARTS) is 1. The van der Waals surface area contributed by atoms with E-state index in [2.05, 4.69) is 28.6 Å². The summed E-state index contributed by atoms with van der Waals surface area (Å²) in [7, 11) is 0. The van der Waals surface area contributed by atoms with Crippen LogP contribution >= 0.6 is 24.4 Å². The number of primary amides is 2. The molecule has 0 aliphatic carbocycles. The van der Waals surface area contributed by atoms with Crippen molar-refractivity contribution in [2.75, 3.05) is 17.8 Å². The number of rotatable bonds is 15. The number of amides is 5. The topological polar surface area (TPSA) is 237 Å². The molecular formula is C16H28N6O7S2. The monoisotopic (exact) mass is 480 g/mol. The second-order valence-corrected chi connectivity index (χ2v) is 7.78. The van der Waals surface area contributed by atoms with Crippen LogP contribution in [0.5, 0.6) is 0 Å². The first-order valence-corrected chi connectivity index (χ1v) is 11.0. The SMILES string of the molecule is CSCCC(NC(=O)C(CC(N)=O)NC(=O)C(CC(N)=O)NC(=O)C(N)CS)C(=O)O. The number of hydrogen-bond donors (Lipinski definition) is 8. The average Bonchev–Trinajstić information content (AvgIpc) is 2.67. The Morgan fingerprint density at radius 1 is 0.871 bits per heavy atom. The van der Waals surface area contributed by atoms with Crippen molar-refractivity contribution in [3.8, 4) is 0 Å². The normalized spacial score (nSPS) is 14.4. The Hall–Kier alpha value is -2.52. The summed E-state index contributed by atoms with van der Waals surface area (Å²) in [6.45, 7) is 0. The Bertz CT molecular complexity index is 693. The predicted octanol–water partition coefficient (Wildman–Crippen LogP) is -3.71. The van der Waals surface area contributed by atoms with Crippen molar-refractivity contribution in [2.24, 2.45) is 17.2 Å². The fraction of sp³-hybridized carbons (Fsp3) is 0.625. The van der Waals surface area contributed by atoms with Crippen molar-refractivity contribution in [3.05, 3.63) is 0 Å². The first kappa shape index (κ1) is 28.5. The molecule has 0 fully saturated rings. The van der Waals surface area contributed by atoms with Gasteiger partial charge in [-0.25, -0.2) is 4.79 Å². The molecule has 0 aliphatic heterocycles. The van der Waals surface area contributed by atoms with Crippen LogP contribution in [0.4, 0.5) is 0 Å². The lowest BCUT2D eigenvalue weighted by molar-refractivity contribution is -0.142. The van der Waals surface area contributed by atoms with Crippen LogP contribution in [-0.2, 0) is 28.8 Å². The van der Waals surface area contributed by atoms with Crippen LogP contribution in [-0.4, -0.2) is 82.5 Å². The Labute approximate surface area is 188 Å². The van der Waals surface area contributed by atoms with Gasteiger partial charge in [-0.15, -0.1) is 0 Å². The number of carbonyl (C=O) groups is 6. The molecule has 4 unspecified atom stereocenters. The highest BCUT2D eigenvalue weighted by Crippen LogP contribution is 2.04. The zero-order valence-electron chi connectivity index (χ0n) is 16.8. The molecule has 10 N–H and O–H groups in total. The van der Waals surface area contributed by atoms with E-state index in [1.165, 1.54) is 11.8 Å². The van der Waals surface area contributed by atoms with E-state index in [1.807, 2.05) is 0 Å². The van der Waals surface area contributed by atoms with Crippen molar-refractivity contribution in [3.63, 3.8) is 0 Å². The smallest absolute Gasteiger partial charge is 0.326 e. The van der Waals surface area contributed by atoms with Gasteiger partial charge in [0.1, 0.15) is 18.1 Å². The number of nitrogens with one attached hydrogen (secondary N) is 3. The maximum absolute atomic E-state index is 12.6. The van der Waals surface area contributed by atoms with Gasteiger partial charge in [-0.1, -0.05) is 0 Å². The summed E-state index contributed by atoms with van der Waals surface area (Å²) < 4.78 is 0. The van der Waals surface area contributed by atoms with Crippen molar-refractivity contribution in [1.29, 1.82) is 0 Å². The first-order chi connectivity index (χ1) is 14.4. The van der Waals surface area contributed by atoms with E-state index >= 15 is 0 Å². The molecular weight excluding hydrogens is 452 g/mol. The summed E-state index contributed by atoms with van der Waals surface area (Å²) in [5.74, 6) is -5.59. The molecule has 31 heavy (non-hydrogen) atoms. The summed E-state index contributed by atoms with van der Waals surface area (Å²) >= 11 is 5.22. The summed E-state index contributed by atoms with van der Waals surface area (Å²) in [4.78, 5) is 71.0. The molecule has 0 bridgehead atoms. The van der Waals surface area contributed by atoms with Crippen molar-refractivity contribution >= 4 is 59.9 Å². The molecule has 4 atom stereocenters. The van der Waals surface area contributed by atoms with E-state index in [0.29, 0.717) is 5.75 Å².